The molecule has 0 radical (unpaired) electrons. The number of piperidine rings is 1. The number of carboxylic acids is 1. The van der Waals surface area contributed by atoms with Crippen molar-refractivity contribution < 1.29 is 9.90 Å². The van der Waals surface area contributed by atoms with Crippen molar-refractivity contribution in [2.24, 2.45) is 5.92 Å². The van der Waals surface area contributed by atoms with E-state index in [0.29, 0.717) is 11.5 Å². The minimum Gasteiger partial charge on any atom is -0.478 e. The topological polar surface area (TPSA) is 53.4 Å². The summed E-state index contributed by atoms with van der Waals surface area (Å²) in [5.41, 5.74) is 3.57. The van der Waals surface area contributed by atoms with Gasteiger partial charge in [-0.1, -0.05) is 48.2 Å². The molecule has 1 N–H and O–H groups in total. The molecule has 1 atom stereocenters. The quantitative estimate of drug-likeness (QED) is 0.543. The highest BCUT2D eigenvalue weighted by Crippen LogP contribution is 2.32. The first kappa shape index (κ1) is 19.0. The molecular weight excluding hydrogens is 388 g/mol. The second-order valence-electron chi connectivity index (χ2n) is 6.99. The van der Waals surface area contributed by atoms with E-state index in [1.807, 2.05) is 42.1 Å². The van der Waals surface area contributed by atoms with Crippen LogP contribution >= 0.6 is 23.1 Å². The van der Waals surface area contributed by atoms with Crippen LogP contribution in [-0.4, -0.2) is 34.9 Å². The van der Waals surface area contributed by atoms with Crippen LogP contribution in [0.15, 0.2) is 64.3 Å². The van der Waals surface area contributed by atoms with Crippen LogP contribution in [-0.2, 0) is 0 Å². The zero-order valence-corrected chi connectivity index (χ0v) is 17.1. The van der Waals surface area contributed by atoms with Crippen molar-refractivity contribution in [3.8, 4) is 11.3 Å². The molecular formula is C22H22N2O2S2. The number of benzene rings is 2. The van der Waals surface area contributed by atoms with Crippen LogP contribution in [0.1, 0.15) is 23.2 Å². The van der Waals surface area contributed by atoms with Gasteiger partial charge < -0.3 is 10.0 Å². The number of hydrogen-bond donors (Lipinski definition) is 1. The van der Waals surface area contributed by atoms with Crippen LogP contribution in [0, 0.1) is 5.92 Å². The Hall–Kier alpha value is -2.31. The summed E-state index contributed by atoms with van der Waals surface area (Å²) < 4.78 is 1.11. The fraction of sp³-hybridized carbons (Fsp3) is 0.273. The Balaban J connectivity index is 1.36. The monoisotopic (exact) mass is 410 g/mol. The molecule has 1 saturated heterocycles. The molecule has 0 bridgehead atoms. The number of carboxylic acid groups (broad SMARTS) is 1. The normalized spacial score (nSPS) is 16.9. The summed E-state index contributed by atoms with van der Waals surface area (Å²) >= 11 is 3.54. The predicted molar refractivity (Wildman–Crippen MR) is 117 cm³/mol. The number of hydrogen-bond acceptors (Lipinski definition) is 5. The number of thiazole rings is 1. The van der Waals surface area contributed by atoms with Gasteiger partial charge >= 0.3 is 5.97 Å². The summed E-state index contributed by atoms with van der Waals surface area (Å²) in [7, 11) is 0. The number of nitrogens with zero attached hydrogens (tertiary/aromatic N) is 2. The Morgan fingerprint density at radius 1 is 1.21 bits per heavy atom. The Labute approximate surface area is 173 Å². The highest BCUT2D eigenvalue weighted by atomic mass is 32.2. The highest BCUT2D eigenvalue weighted by Gasteiger charge is 2.21. The van der Waals surface area contributed by atoms with E-state index in [9.17, 15) is 9.90 Å². The maximum atomic E-state index is 11.2. The van der Waals surface area contributed by atoms with Gasteiger partial charge in [0.15, 0.2) is 4.34 Å². The minimum atomic E-state index is -0.871. The second-order valence-corrected chi connectivity index (χ2v) is 9.11. The average Bonchev–Trinajstić information content (AvgIpc) is 3.22. The molecule has 0 spiro atoms. The van der Waals surface area contributed by atoms with Crippen LogP contribution in [0.5, 0.6) is 0 Å². The smallest absolute Gasteiger partial charge is 0.335 e. The molecule has 28 heavy (non-hydrogen) atoms. The number of aromatic carboxylic acids is 1. The van der Waals surface area contributed by atoms with Crippen molar-refractivity contribution in [3.05, 3.63) is 65.5 Å². The van der Waals surface area contributed by atoms with E-state index >= 15 is 0 Å². The van der Waals surface area contributed by atoms with E-state index in [4.69, 9.17) is 4.98 Å². The average molecular weight is 411 g/mol. The summed E-state index contributed by atoms with van der Waals surface area (Å²) in [5, 5.41) is 11.4. The van der Waals surface area contributed by atoms with E-state index in [-0.39, 0.29) is 0 Å². The first-order valence-corrected chi connectivity index (χ1v) is 11.3. The van der Waals surface area contributed by atoms with Crippen molar-refractivity contribution in [1.29, 1.82) is 0 Å². The van der Waals surface area contributed by atoms with Gasteiger partial charge in [0, 0.05) is 35.5 Å². The van der Waals surface area contributed by atoms with E-state index in [0.717, 1.165) is 46.5 Å². The van der Waals surface area contributed by atoms with Crippen LogP contribution in [0.25, 0.3) is 11.3 Å². The predicted octanol–water partition coefficient (Wildman–Crippen LogP) is 5.52. The lowest BCUT2D eigenvalue weighted by molar-refractivity contribution is 0.0697. The molecule has 3 aromatic rings. The summed E-state index contributed by atoms with van der Waals surface area (Å²) in [4.78, 5) is 18.3. The summed E-state index contributed by atoms with van der Waals surface area (Å²) in [6.07, 6.45) is 2.34. The highest BCUT2D eigenvalue weighted by molar-refractivity contribution is 8.01. The third-order valence-electron chi connectivity index (χ3n) is 4.97. The zero-order chi connectivity index (χ0) is 19.3. The third kappa shape index (κ3) is 4.56. The van der Waals surface area contributed by atoms with Crippen molar-refractivity contribution >= 4 is 34.8 Å². The number of thioether (sulfide) groups is 1. The lowest BCUT2D eigenvalue weighted by Crippen LogP contribution is -2.36. The fourth-order valence-electron chi connectivity index (χ4n) is 3.53. The van der Waals surface area contributed by atoms with Gasteiger partial charge in [0.2, 0.25) is 0 Å². The summed E-state index contributed by atoms with van der Waals surface area (Å²) in [5.74, 6) is 0.747. The van der Waals surface area contributed by atoms with Gasteiger partial charge in [-0.3, -0.25) is 0 Å². The minimum absolute atomic E-state index is 0.352. The second kappa shape index (κ2) is 8.80. The standard InChI is InChI=1S/C22H22N2O2S2/c25-21(26)18-9-4-10-19(12-18)24-11-5-6-16(13-24)14-27-22-23-20(15-28-22)17-7-2-1-3-8-17/h1-4,7-10,12,15-16H,5-6,11,13-14H2,(H,25,26). The van der Waals surface area contributed by atoms with Gasteiger partial charge in [-0.2, -0.15) is 0 Å². The SMILES string of the molecule is O=C(O)c1cccc(N2CCCC(CSc3nc(-c4ccccc4)cs3)C2)c1. The van der Waals surface area contributed by atoms with Crippen LogP contribution < -0.4 is 4.90 Å². The van der Waals surface area contributed by atoms with E-state index < -0.39 is 5.97 Å². The Kier molecular flexibility index (Phi) is 5.98. The molecule has 0 saturated carbocycles. The number of anilines is 1. The van der Waals surface area contributed by atoms with Gasteiger partial charge in [0.05, 0.1) is 11.3 Å². The summed E-state index contributed by atoms with van der Waals surface area (Å²) in [6.45, 7) is 1.95. The molecule has 6 heteroatoms. The molecule has 4 nitrogen and oxygen atoms in total. The lowest BCUT2D eigenvalue weighted by atomic mass is 9.99. The molecule has 1 fully saturated rings. The molecule has 1 aliphatic rings. The number of aromatic nitrogens is 1. The van der Waals surface area contributed by atoms with Crippen molar-refractivity contribution in [2.75, 3.05) is 23.7 Å². The van der Waals surface area contributed by atoms with Gasteiger partial charge in [-0.15, -0.1) is 11.3 Å². The summed E-state index contributed by atoms with van der Waals surface area (Å²) in [6, 6.07) is 17.6. The fourth-order valence-corrected chi connectivity index (χ4v) is 5.51. The number of carbonyl (C=O) groups is 1. The molecule has 4 rings (SSSR count). The Bertz CT molecular complexity index is 942. The lowest BCUT2D eigenvalue weighted by Gasteiger charge is -2.34. The van der Waals surface area contributed by atoms with Crippen LogP contribution in [0.3, 0.4) is 0 Å². The molecule has 1 aliphatic heterocycles. The van der Waals surface area contributed by atoms with Crippen LogP contribution in [0.4, 0.5) is 5.69 Å². The molecule has 144 valence electrons. The Morgan fingerprint density at radius 3 is 2.89 bits per heavy atom. The molecule has 1 aromatic heterocycles. The zero-order valence-electron chi connectivity index (χ0n) is 15.5. The molecule has 2 heterocycles. The van der Waals surface area contributed by atoms with Gasteiger partial charge in [0.1, 0.15) is 0 Å². The van der Waals surface area contributed by atoms with Crippen molar-refractivity contribution in [2.45, 2.75) is 17.2 Å². The Morgan fingerprint density at radius 2 is 2.07 bits per heavy atom. The largest absolute Gasteiger partial charge is 0.478 e. The number of rotatable bonds is 6. The molecule has 2 aromatic carbocycles. The van der Waals surface area contributed by atoms with Crippen molar-refractivity contribution in [3.63, 3.8) is 0 Å². The first-order valence-electron chi connectivity index (χ1n) is 9.41. The van der Waals surface area contributed by atoms with E-state index in [1.54, 1.807) is 23.5 Å². The van der Waals surface area contributed by atoms with E-state index in [1.165, 1.54) is 6.42 Å². The van der Waals surface area contributed by atoms with Gasteiger partial charge in [-0.05, 0) is 37.0 Å². The van der Waals surface area contributed by atoms with Gasteiger partial charge in [0.25, 0.3) is 0 Å². The van der Waals surface area contributed by atoms with Crippen LogP contribution in [0.2, 0.25) is 0 Å². The maximum Gasteiger partial charge on any atom is 0.335 e. The molecule has 1 unspecified atom stereocenters. The third-order valence-corrected chi connectivity index (χ3v) is 7.22. The molecule has 0 amide bonds. The van der Waals surface area contributed by atoms with Gasteiger partial charge in [-0.25, -0.2) is 9.78 Å². The maximum absolute atomic E-state index is 11.2. The molecule has 0 aliphatic carbocycles. The first-order chi connectivity index (χ1) is 13.7. The van der Waals surface area contributed by atoms with E-state index in [2.05, 4.69) is 22.4 Å². The van der Waals surface area contributed by atoms with Crippen molar-refractivity contribution in [1.82, 2.24) is 4.98 Å².